The molecule has 1 nitrogen and oxygen atoms in total. The first-order chi connectivity index (χ1) is 9.36. The van der Waals surface area contributed by atoms with Gasteiger partial charge in [-0.15, -0.1) is 0 Å². The number of anilines is 1. The molecule has 0 saturated heterocycles. The fraction of sp³-hybridized carbons (Fsp3) is 0.294. The molecule has 0 unspecified atom stereocenters. The summed E-state index contributed by atoms with van der Waals surface area (Å²) < 4.78 is 26.3. The smallest absolute Gasteiger partial charge is 0.126 e. The Morgan fingerprint density at radius 3 is 2.15 bits per heavy atom. The molecule has 2 aromatic carbocycles. The van der Waals surface area contributed by atoms with E-state index in [1.807, 2.05) is 18.2 Å². The quantitative estimate of drug-likeness (QED) is 0.842. The fourth-order valence-corrected chi connectivity index (χ4v) is 2.20. The first-order valence-electron chi connectivity index (χ1n) is 6.64. The van der Waals surface area contributed by atoms with Gasteiger partial charge in [0.05, 0.1) is 0 Å². The van der Waals surface area contributed by atoms with E-state index in [2.05, 4.69) is 32.2 Å². The van der Waals surface area contributed by atoms with E-state index in [9.17, 15) is 8.78 Å². The molecule has 1 N–H and O–H groups in total. The zero-order valence-corrected chi connectivity index (χ0v) is 12.0. The third-order valence-corrected chi connectivity index (χ3v) is 3.14. The highest BCUT2D eigenvalue weighted by molar-refractivity contribution is 5.54. The number of benzene rings is 2. The number of hydrogen-bond acceptors (Lipinski definition) is 1. The normalized spacial score (nSPS) is 11.4. The number of rotatable bonds is 3. The third-order valence-electron chi connectivity index (χ3n) is 3.14. The van der Waals surface area contributed by atoms with Crippen LogP contribution in [0.5, 0.6) is 0 Å². The van der Waals surface area contributed by atoms with Crippen molar-refractivity contribution in [3.63, 3.8) is 0 Å². The summed E-state index contributed by atoms with van der Waals surface area (Å²) in [5, 5.41) is 3.26. The molecule has 0 aliphatic heterocycles. The van der Waals surface area contributed by atoms with E-state index in [0.717, 1.165) is 11.8 Å². The molecule has 0 bridgehead atoms. The van der Waals surface area contributed by atoms with E-state index in [-0.39, 0.29) is 5.41 Å². The molecule has 3 heteroatoms. The lowest BCUT2D eigenvalue weighted by molar-refractivity contribution is 0.579. The molecule has 0 heterocycles. The van der Waals surface area contributed by atoms with Crippen molar-refractivity contribution in [1.29, 1.82) is 0 Å². The Bertz CT molecular complexity index is 580. The molecule has 0 fully saturated rings. The number of nitrogens with one attached hydrogen (secondary N) is 1. The Labute approximate surface area is 118 Å². The molecule has 0 atom stereocenters. The van der Waals surface area contributed by atoms with Crippen LogP contribution in [0.2, 0.25) is 0 Å². The third kappa shape index (κ3) is 3.56. The van der Waals surface area contributed by atoms with Crippen LogP contribution in [0, 0.1) is 11.6 Å². The van der Waals surface area contributed by atoms with Gasteiger partial charge in [-0.3, -0.25) is 0 Å². The number of halogens is 2. The van der Waals surface area contributed by atoms with Gasteiger partial charge in [-0.1, -0.05) is 39.0 Å². The zero-order chi connectivity index (χ0) is 14.8. The Hall–Kier alpha value is -1.90. The van der Waals surface area contributed by atoms with Gasteiger partial charge in [0.25, 0.3) is 0 Å². The van der Waals surface area contributed by atoms with Gasteiger partial charge in [0, 0.05) is 18.3 Å². The van der Waals surface area contributed by atoms with E-state index in [4.69, 9.17) is 0 Å². The van der Waals surface area contributed by atoms with Gasteiger partial charge in [0.15, 0.2) is 0 Å². The SMILES string of the molecule is CC(C)(C)c1ccccc1NCc1cc(F)cc(F)c1. The summed E-state index contributed by atoms with van der Waals surface area (Å²) in [6, 6.07) is 11.6. The maximum absolute atomic E-state index is 13.2. The van der Waals surface area contributed by atoms with Crippen molar-refractivity contribution >= 4 is 5.69 Å². The van der Waals surface area contributed by atoms with E-state index >= 15 is 0 Å². The topological polar surface area (TPSA) is 12.0 Å². The maximum atomic E-state index is 13.2. The molecule has 20 heavy (non-hydrogen) atoms. The molecular formula is C17H19F2N. The Kier molecular flexibility index (Phi) is 4.07. The zero-order valence-electron chi connectivity index (χ0n) is 12.0. The van der Waals surface area contributed by atoms with Crippen molar-refractivity contribution in [3.05, 3.63) is 65.2 Å². The predicted octanol–water partition coefficient (Wildman–Crippen LogP) is 4.87. The van der Waals surface area contributed by atoms with E-state index < -0.39 is 11.6 Å². The monoisotopic (exact) mass is 275 g/mol. The summed E-state index contributed by atoms with van der Waals surface area (Å²) in [7, 11) is 0. The first-order valence-corrected chi connectivity index (χ1v) is 6.64. The van der Waals surface area contributed by atoms with Crippen LogP contribution in [0.1, 0.15) is 31.9 Å². The van der Waals surface area contributed by atoms with Crippen molar-refractivity contribution in [3.8, 4) is 0 Å². The Balaban J connectivity index is 2.19. The van der Waals surface area contributed by atoms with Gasteiger partial charge in [0.1, 0.15) is 11.6 Å². The second-order valence-electron chi connectivity index (χ2n) is 5.93. The van der Waals surface area contributed by atoms with E-state index in [1.54, 1.807) is 0 Å². The van der Waals surface area contributed by atoms with Gasteiger partial charge < -0.3 is 5.32 Å². The molecular weight excluding hydrogens is 256 g/mol. The summed E-state index contributed by atoms with van der Waals surface area (Å²) in [6.45, 7) is 6.79. The number of para-hydroxylation sites is 1. The molecule has 0 spiro atoms. The molecule has 2 rings (SSSR count). The average Bonchev–Trinajstić information content (AvgIpc) is 2.34. The molecule has 0 saturated carbocycles. The van der Waals surface area contributed by atoms with Crippen LogP contribution in [0.3, 0.4) is 0 Å². The van der Waals surface area contributed by atoms with Gasteiger partial charge in [-0.05, 0) is 34.7 Å². The molecule has 0 aliphatic rings. The Morgan fingerprint density at radius 1 is 0.950 bits per heavy atom. The second kappa shape index (κ2) is 5.61. The molecule has 0 radical (unpaired) electrons. The summed E-state index contributed by atoms with van der Waals surface area (Å²) in [5.74, 6) is -1.10. The minimum Gasteiger partial charge on any atom is -0.381 e. The van der Waals surface area contributed by atoms with Gasteiger partial charge in [-0.2, -0.15) is 0 Å². The summed E-state index contributed by atoms with van der Waals surface area (Å²) in [5.41, 5.74) is 2.77. The molecule has 106 valence electrons. The van der Waals surface area contributed by atoms with Crippen LogP contribution in [0.15, 0.2) is 42.5 Å². The van der Waals surface area contributed by atoms with Crippen molar-refractivity contribution in [2.75, 3.05) is 5.32 Å². The highest BCUT2D eigenvalue weighted by atomic mass is 19.1. The highest BCUT2D eigenvalue weighted by Crippen LogP contribution is 2.29. The van der Waals surface area contributed by atoms with Crippen LogP contribution in [-0.2, 0) is 12.0 Å². The van der Waals surface area contributed by atoms with Gasteiger partial charge in [0.2, 0.25) is 0 Å². The lowest BCUT2D eigenvalue weighted by atomic mass is 9.86. The van der Waals surface area contributed by atoms with Crippen LogP contribution in [0.25, 0.3) is 0 Å². The van der Waals surface area contributed by atoms with Crippen molar-refractivity contribution in [1.82, 2.24) is 0 Å². The van der Waals surface area contributed by atoms with Crippen molar-refractivity contribution in [2.24, 2.45) is 0 Å². The fourth-order valence-electron chi connectivity index (χ4n) is 2.20. The van der Waals surface area contributed by atoms with Crippen molar-refractivity contribution < 1.29 is 8.78 Å². The Morgan fingerprint density at radius 2 is 1.55 bits per heavy atom. The van der Waals surface area contributed by atoms with Gasteiger partial charge >= 0.3 is 0 Å². The lowest BCUT2D eigenvalue weighted by Gasteiger charge is -2.23. The summed E-state index contributed by atoms with van der Waals surface area (Å²) in [6.07, 6.45) is 0. The molecule has 0 aliphatic carbocycles. The predicted molar refractivity (Wildman–Crippen MR) is 78.8 cm³/mol. The van der Waals surface area contributed by atoms with Gasteiger partial charge in [-0.25, -0.2) is 8.78 Å². The molecule has 0 aromatic heterocycles. The van der Waals surface area contributed by atoms with Crippen LogP contribution in [-0.4, -0.2) is 0 Å². The van der Waals surface area contributed by atoms with Crippen LogP contribution in [0.4, 0.5) is 14.5 Å². The van der Waals surface area contributed by atoms with E-state index in [1.165, 1.54) is 17.7 Å². The largest absolute Gasteiger partial charge is 0.381 e. The first kappa shape index (κ1) is 14.5. The molecule has 2 aromatic rings. The van der Waals surface area contributed by atoms with Crippen LogP contribution >= 0.6 is 0 Å². The number of hydrogen-bond donors (Lipinski definition) is 1. The minimum atomic E-state index is -0.550. The summed E-state index contributed by atoms with van der Waals surface area (Å²) in [4.78, 5) is 0. The second-order valence-corrected chi connectivity index (χ2v) is 5.93. The standard InChI is InChI=1S/C17H19F2N/c1-17(2,3)15-6-4-5-7-16(15)20-11-12-8-13(18)10-14(19)9-12/h4-10,20H,11H2,1-3H3. The summed E-state index contributed by atoms with van der Waals surface area (Å²) >= 11 is 0. The van der Waals surface area contributed by atoms with Crippen LogP contribution < -0.4 is 5.32 Å². The average molecular weight is 275 g/mol. The maximum Gasteiger partial charge on any atom is 0.126 e. The van der Waals surface area contributed by atoms with E-state index in [0.29, 0.717) is 12.1 Å². The lowest BCUT2D eigenvalue weighted by Crippen LogP contribution is -2.14. The van der Waals surface area contributed by atoms with Crippen molar-refractivity contribution in [2.45, 2.75) is 32.7 Å². The highest BCUT2D eigenvalue weighted by Gasteiger charge is 2.17. The molecule has 0 amide bonds. The minimum absolute atomic E-state index is 0.0107.